The lowest BCUT2D eigenvalue weighted by Gasteiger charge is -2.37. The van der Waals surface area contributed by atoms with Crippen LogP contribution in [0.25, 0.3) is 0 Å². The van der Waals surface area contributed by atoms with Crippen LogP contribution in [0.5, 0.6) is 0 Å². The van der Waals surface area contributed by atoms with Crippen molar-refractivity contribution in [3.63, 3.8) is 0 Å². The molecule has 1 saturated heterocycles. The van der Waals surface area contributed by atoms with E-state index in [1.54, 1.807) is 6.92 Å². The molecule has 1 aliphatic carbocycles. The van der Waals surface area contributed by atoms with Crippen molar-refractivity contribution in [3.05, 3.63) is 0 Å². The average molecular weight is 223 g/mol. The van der Waals surface area contributed by atoms with Crippen molar-refractivity contribution in [3.8, 4) is 0 Å². The Balaban J connectivity index is 1.89. The summed E-state index contributed by atoms with van der Waals surface area (Å²) >= 11 is 0. The summed E-state index contributed by atoms with van der Waals surface area (Å²) in [5, 5.41) is 0. The van der Waals surface area contributed by atoms with Crippen LogP contribution in [0, 0.1) is 5.92 Å². The lowest BCUT2D eigenvalue weighted by molar-refractivity contribution is -0.118. The van der Waals surface area contributed by atoms with Gasteiger partial charge >= 0.3 is 0 Å². The third kappa shape index (κ3) is 2.85. The van der Waals surface area contributed by atoms with Crippen LogP contribution in [0.4, 0.5) is 0 Å². The van der Waals surface area contributed by atoms with Crippen LogP contribution in [0.15, 0.2) is 0 Å². The molecule has 2 aliphatic rings. The summed E-state index contributed by atoms with van der Waals surface area (Å²) in [6.07, 6.45) is 8.80. The highest BCUT2D eigenvalue weighted by Gasteiger charge is 2.32. The molecule has 2 heteroatoms. The maximum Gasteiger partial charge on any atom is 0.131 e. The van der Waals surface area contributed by atoms with Crippen molar-refractivity contribution >= 4 is 5.78 Å². The molecule has 0 spiro atoms. The molecule has 0 amide bonds. The Hall–Kier alpha value is -0.370. The average Bonchev–Trinajstić information content (AvgIpc) is 2.66. The van der Waals surface area contributed by atoms with E-state index in [9.17, 15) is 4.79 Å². The van der Waals surface area contributed by atoms with Crippen LogP contribution in [-0.2, 0) is 4.79 Å². The van der Waals surface area contributed by atoms with Crippen molar-refractivity contribution in [2.24, 2.45) is 5.92 Å². The fraction of sp³-hybridized carbons (Fsp3) is 0.929. The molecule has 1 aliphatic heterocycles. The van der Waals surface area contributed by atoms with Gasteiger partial charge in [0.25, 0.3) is 0 Å². The second-order valence-corrected chi connectivity index (χ2v) is 5.85. The Labute approximate surface area is 99.4 Å². The van der Waals surface area contributed by atoms with E-state index in [0.717, 1.165) is 18.4 Å². The van der Waals surface area contributed by atoms with Crippen molar-refractivity contribution in [2.75, 3.05) is 6.54 Å². The molecule has 2 nitrogen and oxygen atoms in total. The summed E-state index contributed by atoms with van der Waals surface area (Å²) in [4.78, 5) is 13.9. The van der Waals surface area contributed by atoms with E-state index in [2.05, 4.69) is 11.8 Å². The Kier molecular flexibility index (Phi) is 4.01. The Morgan fingerprint density at radius 3 is 2.50 bits per heavy atom. The third-order valence-electron chi connectivity index (χ3n) is 4.40. The molecule has 1 unspecified atom stereocenters. The fourth-order valence-electron chi connectivity index (χ4n) is 3.46. The number of Topliss-reactive ketones (excluding diaryl/α,β-unsaturated/α-hetero) is 1. The largest absolute Gasteiger partial charge is 0.300 e. The van der Waals surface area contributed by atoms with Crippen LogP contribution in [0.1, 0.15) is 58.8 Å². The molecule has 16 heavy (non-hydrogen) atoms. The first-order valence-corrected chi connectivity index (χ1v) is 6.92. The summed E-state index contributed by atoms with van der Waals surface area (Å²) in [5.41, 5.74) is 0. The van der Waals surface area contributed by atoms with Crippen LogP contribution in [0.3, 0.4) is 0 Å². The molecule has 2 fully saturated rings. The molecule has 0 radical (unpaired) electrons. The second-order valence-electron chi connectivity index (χ2n) is 5.85. The van der Waals surface area contributed by atoms with E-state index in [1.165, 1.54) is 45.1 Å². The van der Waals surface area contributed by atoms with E-state index in [4.69, 9.17) is 0 Å². The van der Waals surface area contributed by atoms with E-state index >= 15 is 0 Å². The summed E-state index contributed by atoms with van der Waals surface area (Å²) in [7, 11) is 0. The zero-order valence-electron chi connectivity index (χ0n) is 10.7. The molecular formula is C14H25NO. The molecule has 92 valence electrons. The van der Waals surface area contributed by atoms with Gasteiger partial charge in [-0.05, 0) is 57.9 Å². The second kappa shape index (κ2) is 5.31. The summed E-state index contributed by atoms with van der Waals surface area (Å²) in [6, 6.07) is 1.35. The van der Waals surface area contributed by atoms with Gasteiger partial charge in [0.05, 0.1) is 0 Å². The van der Waals surface area contributed by atoms with Crippen LogP contribution >= 0.6 is 0 Å². The highest BCUT2D eigenvalue weighted by Crippen LogP contribution is 2.32. The van der Waals surface area contributed by atoms with E-state index in [0.29, 0.717) is 11.8 Å². The van der Waals surface area contributed by atoms with Gasteiger partial charge in [-0.1, -0.05) is 6.92 Å². The number of hydrogen-bond acceptors (Lipinski definition) is 2. The van der Waals surface area contributed by atoms with Crippen LogP contribution < -0.4 is 0 Å². The van der Waals surface area contributed by atoms with Crippen molar-refractivity contribution < 1.29 is 4.79 Å². The normalized spacial score (nSPS) is 36.5. The zero-order valence-corrected chi connectivity index (χ0v) is 10.7. The maximum absolute atomic E-state index is 11.3. The van der Waals surface area contributed by atoms with Crippen molar-refractivity contribution in [1.82, 2.24) is 4.90 Å². The number of hydrogen-bond donors (Lipinski definition) is 0. The molecule has 0 aromatic heterocycles. The third-order valence-corrected chi connectivity index (χ3v) is 4.40. The monoisotopic (exact) mass is 223 g/mol. The van der Waals surface area contributed by atoms with Gasteiger partial charge in [0.15, 0.2) is 0 Å². The minimum atomic E-state index is 0.362. The number of carbonyl (C=O) groups is 1. The first-order chi connectivity index (χ1) is 7.66. The Morgan fingerprint density at radius 1 is 1.19 bits per heavy atom. The van der Waals surface area contributed by atoms with Gasteiger partial charge in [-0.2, -0.15) is 0 Å². The number of rotatable bonds is 3. The Bertz CT molecular complexity index is 243. The van der Waals surface area contributed by atoms with Crippen molar-refractivity contribution in [2.45, 2.75) is 70.9 Å². The fourth-order valence-corrected chi connectivity index (χ4v) is 3.46. The van der Waals surface area contributed by atoms with Crippen LogP contribution in [-0.4, -0.2) is 29.3 Å². The molecule has 0 aromatic carbocycles. The maximum atomic E-state index is 11.3. The van der Waals surface area contributed by atoms with E-state index < -0.39 is 0 Å². The van der Waals surface area contributed by atoms with Gasteiger partial charge in [0, 0.05) is 18.5 Å². The molecule has 0 bridgehead atoms. The number of ketones is 1. The Morgan fingerprint density at radius 2 is 1.88 bits per heavy atom. The van der Waals surface area contributed by atoms with E-state index in [-0.39, 0.29) is 0 Å². The summed E-state index contributed by atoms with van der Waals surface area (Å²) in [5.74, 6) is 1.28. The lowest BCUT2D eigenvalue weighted by atomic mass is 9.86. The van der Waals surface area contributed by atoms with Gasteiger partial charge < -0.3 is 0 Å². The number of nitrogens with zero attached hydrogens (tertiary/aromatic N) is 1. The number of carbonyl (C=O) groups excluding carboxylic acids is 1. The first-order valence-electron chi connectivity index (χ1n) is 6.92. The highest BCUT2D eigenvalue weighted by atomic mass is 16.1. The number of likely N-dealkylation sites (tertiary alicyclic amines) is 1. The predicted molar refractivity (Wildman–Crippen MR) is 66.4 cm³/mol. The van der Waals surface area contributed by atoms with Gasteiger partial charge in [-0.3, -0.25) is 9.69 Å². The first kappa shape index (κ1) is 12.1. The predicted octanol–water partition coefficient (Wildman–Crippen LogP) is 3.01. The minimum Gasteiger partial charge on any atom is -0.300 e. The summed E-state index contributed by atoms with van der Waals surface area (Å²) in [6.45, 7) is 5.34. The van der Waals surface area contributed by atoms with Gasteiger partial charge in [0.1, 0.15) is 5.78 Å². The summed E-state index contributed by atoms with van der Waals surface area (Å²) < 4.78 is 0. The quantitative estimate of drug-likeness (QED) is 0.733. The molecule has 1 atom stereocenters. The lowest BCUT2D eigenvalue weighted by Crippen LogP contribution is -2.41. The standard InChI is InChI=1S/C14H25NO/c1-11-5-7-13(8-6-11)15-9-3-4-14(15)10-12(2)16/h11,13-14H,3-10H2,1-2H3. The molecule has 1 saturated carbocycles. The minimum absolute atomic E-state index is 0.362. The zero-order chi connectivity index (χ0) is 11.5. The van der Waals surface area contributed by atoms with Crippen LogP contribution in [0.2, 0.25) is 0 Å². The molecule has 0 aromatic rings. The smallest absolute Gasteiger partial charge is 0.131 e. The molecular weight excluding hydrogens is 198 g/mol. The van der Waals surface area contributed by atoms with Gasteiger partial charge in [-0.25, -0.2) is 0 Å². The SMILES string of the molecule is CC(=O)CC1CCCN1C1CCC(C)CC1. The van der Waals surface area contributed by atoms with Gasteiger partial charge in [0.2, 0.25) is 0 Å². The van der Waals surface area contributed by atoms with Gasteiger partial charge in [-0.15, -0.1) is 0 Å². The molecule has 0 N–H and O–H groups in total. The molecule has 2 rings (SSSR count). The van der Waals surface area contributed by atoms with E-state index in [1.807, 2.05) is 0 Å². The van der Waals surface area contributed by atoms with Crippen molar-refractivity contribution in [1.29, 1.82) is 0 Å². The molecule has 1 heterocycles. The topological polar surface area (TPSA) is 20.3 Å². The highest BCUT2D eigenvalue weighted by molar-refractivity contribution is 5.76.